The number of aromatic nitrogens is 1. The molecule has 1 heterocycles. The predicted molar refractivity (Wildman–Crippen MR) is 50.4 cm³/mol. The molecule has 1 aromatic heterocycles. The summed E-state index contributed by atoms with van der Waals surface area (Å²) in [6.45, 7) is 0. The van der Waals surface area contributed by atoms with Gasteiger partial charge < -0.3 is 11.6 Å². The molecule has 1 aromatic carbocycles. The first kappa shape index (κ1) is 10.6. The Kier molecular flexibility index (Phi) is 3.90. The minimum Gasteiger partial charge on any atom is -0.412 e. The lowest BCUT2D eigenvalue weighted by Gasteiger charge is -1.91. The molecule has 12 heavy (non-hydrogen) atoms. The van der Waals surface area contributed by atoms with E-state index in [-0.39, 0.29) is 11.6 Å². The van der Waals surface area contributed by atoms with Crippen molar-refractivity contribution in [2.24, 2.45) is 0 Å². The van der Waals surface area contributed by atoms with Crippen molar-refractivity contribution in [1.29, 1.82) is 0 Å². The fraction of sp³-hybridized carbons (Fsp3) is 0. The van der Waals surface area contributed by atoms with Gasteiger partial charge in [0.15, 0.2) is 0 Å². The third kappa shape index (κ3) is 1.78. The van der Waals surface area contributed by atoms with Gasteiger partial charge in [-0.15, -0.1) is 0 Å². The van der Waals surface area contributed by atoms with Gasteiger partial charge in [-0.1, -0.05) is 24.3 Å². The molecule has 0 amide bonds. The van der Waals surface area contributed by atoms with E-state index in [1.807, 2.05) is 30.6 Å². The van der Waals surface area contributed by atoms with Crippen molar-refractivity contribution in [3.63, 3.8) is 0 Å². The quantitative estimate of drug-likeness (QED) is 0.641. The van der Waals surface area contributed by atoms with Gasteiger partial charge in [-0.05, 0) is 16.8 Å². The normalized spacial score (nSPS) is 8.33. The minimum atomic E-state index is 0. The first-order chi connectivity index (χ1) is 4.97. The van der Waals surface area contributed by atoms with Crippen LogP contribution < -0.4 is 6.15 Å². The molecule has 64 valence electrons. The molecule has 5 N–H and O–H groups in total. The standard InChI is InChI=1S/C9H7N.H3N.H2O/c1-2-4-9-7-10-6-5-8(9)3-1;;/h1-7H;1H3;1H2. The van der Waals surface area contributed by atoms with Gasteiger partial charge in [-0.2, -0.15) is 0 Å². The van der Waals surface area contributed by atoms with Gasteiger partial charge in [-0.25, -0.2) is 0 Å². The fourth-order valence-corrected chi connectivity index (χ4v) is 1.03. The average molecular weight is 164 g/mol. The number of hydrogen-bond donors (Lipinski definition) is 1. The summed E-state index contributed by atoms with van der Waals surface area (Å²) in [6, 6.07) is 10.2. The first-order valence-electron chi connectivity index (χ1n) is 3.25. The molecule has 0 atom stereocenters. The van der Waals surface area contributed by atoms with Crippen molar-refractivity contribution in [2.45, 2.75) is 0 Å². The van der Waals surface area contributed by atoms with E-state index in [1.54, 1.807) is 0 Å². The van der Waals surface area contributed by atoms with Gasteiger partial charge in [0.1, 0.15) is 0 Å². The van der Waals surface area contributed by atoms with Crippen LogP contribution in [0, 0.1) is 0 Å². The van der Waals surface area contributed by atoms with E-state index in [0.717, 1.165) is 0 Å². The van der Waals surface area contributed by atoms with Gasteiger partial charge in [0.25, 0.3) is 0 Å². The molecule has 2 aromatic rings. The summed E-state index contributed by atoms with van der Waals surface area (Å²) in [4.78, 5) is 4.01. The van der Waals surface area contributed by atoms with Crippen LogP contribution in [-0.2, 0) is 0 Å². The van der Waals surface area contributed by atoms with Crippen LogP contribution in [0.2, 0.25) is 0 Å². The average Bonchev–Trinajstić information content (AvgIpc) is 2.05. The molecule has 0 aliphatic heterocycles. The second-order valence-electron chi connectivity index (χ2n) is 2.22. The highest BCUT2D eigenvalue weighted by atomic mass is 16.0. The second-order valence-corrected chi connectivity index (χ2v) is 2.22. The number of benzene rings is 1. The topological polar surface area (TPSA) is 79.4 Å². The van der Waals surface area contributed by atoms with Crippen LogP contribution in [0.5, 0.6) is 0 Å². The van der Waals surface area contributed by atoms with Gasteiger partial charge in [0, 0.05) is 12.4 Å². The van der Waals surface area contributed by atoms with Crippen LogP contribution >= 0.6 is 0 Å². The van der Waals surface area contributed by atoms with E-state index in [4.69, 9.17) is 0 Å². The molecule has 0 saturated heterocycles. The van der Waals surface area contributed by atoms with Crippen LogP contribution in [0.25, 0.3) is 10.8 Å². The molecule has 2 rings (SSSR count). The van der Waals surface area contributed by atoms with E-state index < -0.39 is 0 Å². The molecule has 3 heteroatoms. The summed E-state index contributed by atoms with van der Waals surface area (Å²) in [5, 5.41) is 2.45. The summed E-state index contributed by atoms with van der Waals surface area (Å²) in [6.07, 6.45) is 3.68. The summed E-state index contributed by atoms with van der Waals surface area (Å²) >= 11 is 0. The maximum absolute atomic E-state index is 4.01. The maximum Gasteiger partial charge on any atom is 0.0346 e. The summed E-state index contributed by atoms with van der Waals surface area (Å²) in [5.74, 6) is 0. The van der Waals surface area contributed by atoms with Crippen LogP contribution in [-0.4, -0.2) is 10.5 Å². The van der Waals surface area contributed by atoms with Crippen molar-refractivity contribution in [3.8, 4) is 0 Å². The van der Waals surface area contributed by atoms with Crippen molar-refractivity contribution in [3.05, 3.63) is 42.7 Å². The van der Waals surface area contributed by atoms with Gasteiger partial charge >= 0.3 is 0 Å². The number of fused-ring (bicyclic) bond motifs is 1. The van der Waals surface area contributed by atoms with Crippen LogP contribution in [0.1, 0.15) is 0 Å². The van der Waals surface area contributed by atoms with E-state index in [1.165, 1.54) is 10.8 Å². The first-order valence-corrected chi connectivity index (χ1v) is 3.25. The Morgan fingerprint density at radius 3 is 2.25 bits per heavy atom. The van der Waals surface area contributed by atoms with Crippen molar-refractivity contribution in [1.82, 2.24) is 11.1 Å². The number of pyridine rings is 1. The summed E-state index contributed by atoms with van der Waals surface area (Å²) in [7, 11) is 0. The minimum absolute atomic E-state index is 0. The van der Waals surface area contributed by atoms with E-state index in [9.17, 15) is 0 Å². The predicted octanol–water partition coefficient (Wildman–Crippen LogP) is 1.57. The number of rotatable bonds is 0. The monoisotopic (exact) mass is 164 g/mol. The Hall–Kier alpha value is -1.45. The molecule has 0 saturated carbocycles. The number of nitrogens with zero attached hydrogens (tertiary/aromatic N) is 1. The van der Waals surface area contributed by atoms with Crippen molar-refractivity contribution in [2.75, 3.05) is 0 Å². The van der Waals surface area contributed by atoms with Gasteiger partial charge in [0.05, 0.1) is 0 Å². The van der Waals surface area contributed by atoms with Crippen LogP contribution in [0.15, 0.2) is 42.7 Å². The summed E-state index contributed by atoms with van der Waals surface area (Å²) in [5.41, 5.74) is 0. The molecule has 0 aliphatic carbocycles. The highest BCUT2D eigenvalue weighted by Crippen LogP contribution is 2.09. The van der Waals surface area contributed by atoms with Crippen molar-refractivity contribution >= 4 is 10.8 Å². The lowest BCUT2D eigenvalue weighted by molar-refractivity contribution is 0.824. The molecule has 0 aliphatic rings. The molecule has 0 radical (unpaired) electrons. The molecular weight excluding hydrogens is 152 g/mol. The van der Waals surface area contributed by atoms with Crippen LogP contribution in [0.4, 0.5) is 0 Å². The smallest absolute Gasteiger partial charge is 0.0346 e. The molecule has 0 unspecified atom stereocenters. The zero-order valence-electron chi connectivity index (χ0n) is 6.70. The fourth-order valence-electron chi connectivity index (χ4n) is 1.03. The lowest BCUT2D eigenvalue weighted by Crippen LogP contribution is -1.71. The molecule has 3 nitrogen and oxygen atoms in total. The Morgan fingerprint density at radius 1 is 0.917 bits per heavy atom. The SMILES string of the molecule is N.O.c1ccc2cnccc2c1. The third-order valence-corrected chi connectivity index (χ3v) is 1.55. The number of hydrogen-bond acceptors (Lipinski definition) is 2. The Labute approximate surface area is 70.9 Å². The van der Waals surface area contributed by atoms with E-state index in [0.29, 0.717) is 0 Å². The highest BCUT2D eigenvalue weighted by Gasteiger charge is 1.86. The largest absolute Gasteiger partial charge is 0.412 e. The molecule has 0 bridgehead atoms. The van der Waals surface area contributed by atoms with Gasteiger partial charge in [-0.3, -0.25) is 4.98 Å². The molecule has 0 spiro atoms. The molecule has 0 fully saturated rings. The van der Waals surface area contributed by atoms with E-state index in [2.05, 4.69) is 17.1 Å². The lowest BCUT2D eigenvalue weighted by atomic mass is 10.2. The van der Waals surface area contributed by atoms with Crippen molar-refractivity contribution < 1.29 is 5.48 Å². The van der Waals surface area contributed by atoms with Gasteiger partial charge in [0.2, 0.25) is 0 Å². The maximum atomic E-state index is 4.01. The highest BCUT2D eigenvalue weighted by molar-refractivity contribution is 5.80. The van der Waals surface area contributed by atoms with E-state index >= 15 is 0 Å². The third-order valence-electron chi connectivity index (χ3n) is 1.55. The zero-order chi connectivity index (χ0) is 6.81. The Balaban J connectivity index is 0.000000605. The zero-order valence-corrected chi connectivity index (χ0v) is 6.70. The summed E-state index contributed by atoms with van der Waals surface area (Å²) < 4.78 is 0. The van der Waals surface area contributed by atoms with Crippen LogP contribution in [0.3, 0.4) is 0 Å². The molecular formula is C9H12N2O. The Morgan fingerprint density at radius 2 is 1.58 bits per heavy atom. The second kappa shape index (κ2) is 4.43. The Bertz CT molecular complexity index is 284.